The van der Waals surface area contributed by atoms with Gasteiger partial charge in [-0.15, -0.1) is 11.3 Å². The summed E-state index contributed by atoms with van der Waals surface area (Å²) in [6, 6.07) is 14.5. The van der Waals surface area contributed by atoms with E-state index < -0.39 is 12.0 Å². The Labute approximate surface area is 153 Å². The Balaban J connectivity index is 1.81. The van der Waals surface area contributed by atoms with Crippen molar-refractivity contribution in [1.82, 2.24) is 15.8 Å². The van der Waals surface area contributed by atoms with Crippen LogP contribution in [0.5, 0.6) is 5.75 Å². The third-order valence-corrected chi connectivity index (χ3v) is 4.63. The van der Waals surface area contributed by atoms with Crippen molar-refractivity contribution < 1.29 is 19.4 Å². The highest BCUT2D eigenvalue weighted by atomic mass is 32.1. The molecule has 8 heteroatoms. The number of carbonyl (C=O) groups excluding carboxylic acids is 1. The van der Waals surface area contributed by atoms with Gasteiger partial charge in [-0.25, -0.2) is 15.2 Å². The summed E-state index contributed by atoms with van der Waals surface area (Å²) in [6.45, 7) is 0. The minimum absolute atomic E-state index is 0.331. The first-order valence-electron chi connectivity index (χ1n) is 7.57. The van der Waals surface area contributed by atoms with E-state index in [4.69, 9.17) is 9.84 Å². The van der Waals surface area contributed by atoms with Gasteiger partial charge in [0.25, 0.3) is 5.91 Å². The van der Waals surface area contributed by atoms with Gasteiger partial charge in [-0.2, -0.15) is 0 Å². The Bertz CT molecular complexity index is 938. The van der Waals surface area contributed by atoms with Crippen molar-refractivity contribution in [2.75, 3.05) is 7.11 Å². The summed E-state index contributed by atoms with van der Waals surface area (Å²) in [5.74, 6) is 0.244. The number of hydrogen-bond donors (Lipinski definition) is 3. The van der Waals surface area contributed by atoms with Gasteiger partial charge >= 0.3 is 6.09 Å². The summed E-state index contributed by atoms with van der Waals surface area (Å²) in [4.78, 5) is 27.8. The predicted octanol–water partition coefficient (Wildman–Crippen LogP) is 3.40. The zero-order chi connectivity index (χ0) is 18.5. The average molecular weight is 369 g/mol. The van der Waals surface area contributed by atoms with E-state index in [1.807, 2.05) is 35.8 Å². The number of nitrogens with zero attached hydrogens (tertiary/aromatic N) is 1. The highest BCUT2D eigenvalue weighted by Crippen LogP contribution is 2.33. The van der Waals surface area contributed by atoms with E-state index >= 15 is 0 Å². The van der Waals surface area contributed by atoms with E-state index in [-0.39, 0.29) is 0 Å². The zero-order valence-corrected chi connectivity index (χ0v) is 14.5. The van der Waals surface area contributed by atoms with Crippen LogP contribution in [-0.4, -0.2) is 29.2 Å². The molecule has 0 aliphatic heterocycles. The molecule has 0 bridgehead atoms. The molecule has 0 unspecified atom stereocenters. The summed E-state index contributed by atoms with van der Waals surface area (Å²) in [6.07, 6.45) is 0.444. The second-order valence-corrected chi connectivity index (χ2v) is 6.25. The number of hydrazine groups is 1. The minimum Gasteiger partial charge on any atom is -0.497 e. The van der Waals surface area contributed by atoms with Gasteiger partial charge < -0.3 is 9.84 Å². The molecule has 0 saturated heterocycles. The molecule has 132 valence electrons. The number of nitrogens with one attached hydrogen (secondary N) is 2. The number of amides is 2. The maximum absolute atomic E-state index is 12.0. The third-order valence-electron chi connectivity index (χ3n) is 3.53. The monoisotopic (exact) mass is 369 g/mol. The fourth-order valence-corrected chi connectivity index (χ4v) is 3.19. The molecule has 0 atom stereocenters. The molecule has 3 rings (SSSR count). The van der Waals surface area contributed by atoms with Crippen LogP contribution in [0.1, 0.15) is 10.4 Å². The van der Waals surface area contributed by atoms with Crippen LogP contribution in [0.15, 0.2) is 54.7 Å². The Morgan fingerprint density at radius 2 is 1.85 bits per heavy atom. The number of hydrogen-bond acceptors (Lipinski definition) is 5. The fourth-order valence-electron chi connectivity index (χ4n) is 2.27. The van der Waals surface area contributed by atoms with Crippen LogP contribution in [0.3, 0.4) is 0 Å². The molecule has 3 N–H and O–H groups in total. The number of rotatable bonds is 4. The number of thiazole rings is 1. The first-order chi connectivity index (χ1) is 12.6. The fraction of sp³-hybridized carbons (Fsp3) is 0.0556. The average Bonchev–Trinajstić information content (AvgIpc) is 3.16. The lowest BCUT2D eigenvalue weighted by atomic mass is 10.1. The lowest BCUT2D eigenvalue weighted by Gasteiger charge is -2.05. The van der Waals surface area contributed by atoms with Crippen LogP contribution in [0, 0.1) is 0 Å². The number of benzene rings is 2. The zero-order valence-electron chi connectivity index (χ0n) is 13.7. The van der Waals surface area contributed by atoms with Crippen molar-refractivity contribution in [3.8, 4) is 26.8 Å². The summed E-state index contributed by atoms with van der Waals surface area (Å²) in [7, 11) is 1.62. The molecular formula is C18H15N3O4S. The number of carboxylic acid groups (broad SMARTS) is 1. The molecule has 0 spiro atoms. The van der Waals surface area contributed by atoms with Crippen LogP contribution in [-0.2, 0) is 0 Å². The molecule has 2 aromatic carbocycles. The second-order valence-electron chi connectivity index (χ2n) is 5.22. The molecule has 26 heavy (non-hydrogen) atoms. The minimum atomic E-state index is -1.33. The maximum atomic E-state index is 12.0. The van der Waals surface area contributed by atoms with E-state index in [9.17, 15) is 9.59 Å². The molecule has 0 fully saturated rings. The standard InChI is InChI=1S/C18H15N3O4S/c1-25-14-7-5-11(6-8-14)15-10-19-17(26-15)13-4-2-3-12(9-13)16(22)20-21-18(23)24/h2-10,21H,1H3,(H,20,22)(H,23,24). The summed E-state index contributed by atoms with van der Waals surface area (Å²) < 4.78 is 5.16. The van der Waals surface area contributed by atoms with E-state index in [0.29, 0.717) is 5.56 Å². The summed E-state index contributed by atoms with van der Waals surface area (Å²) in [5.41, 5.74) is 6.06. The topological polar surface area (TPSA) is 101 Å². The molecule has 0 aliphatic carbocycles. The summed E-state index contributed by atoms with van der Waals surface area (Å²) in [5, 5.41) is 9.30. The van der Waals surface area contributed by atoms with Gasteiger partial charge in [0.2, 0.25) is 0 Å². The largest absolute Gasteiger partial charge is 0.497 e. The molecule has 7 nitrogen and oxygen atoms in total. The highest BCUT2D eigenvalue weighted by molar-refractivity contribution is 7.18. The van der Waals surface area contributed by atoms with Crippen molar-refractivity contribution in [2.24, 2.45) is 0 Å². The Kier molecular flexibility index (Phi) is 5.14. The van der Waals surface area contributed by atoms with E-state index in [1.54, 1.807) is 31.5 Å². The van der Waals surface area contributed by atoms with Gasteiger partial charge in [0, 0.05) is 17.3 Å². The first-order valence-corrected chi connectivity index (χ1v) is 8.38. The van der Waals surface area contributed by atoms with Gasteiger partial charge in [-0.3, -0.25) is 10.2 Å². The SMILES string of the molecule is COc1ccc(-c2cnc(-c3cccc(C(=O)NNC(=O)O)c3)s2)cc1. The van der Waals surface area contributed by atoms with Crippen molar-refractivity contribution in [3.05, 3.63) is 60.3 Å². The van der Waals surface area contributed by atoms with Crippen LogP contribution in [0.2, 0.25) is 0 Å². The van der Waals surface area contributed by atoms with Crippen LogP contribution >= 0.6 is 11.3 Å². The van der Waals surface area contributed by atoms with E-state index in [0.717, 1.165) is 26.8 Å². The van der Waals surface area contributed by atoms with Gasteiger partial charge in [0.15, 0.2) is 0 Å². The number of methoxy groups -OCH3 is 1. The molecule has 0 radical (unpaired) electrons. The normalized spacial score (nSPS) is 10.2. The summed E-state index contributed by atoms with van der Waals surface area (Å²) >= 11 is 1.50. The number of carbonyl (C=O) groups is 2. The van der Waals surface area contributed by atoms with Crippen LogP contribution < -0.4 is 15.6 Å². The van der Waals surface area contributed by atoms with Crippen molar-refractivity contribution in [2.45, 2.75) is 0 Å². The maximum Gasteiger partial charge on any atom is 0.423 e. The molecule has 0 saturated carbocycles. The van der Waals surface area contributed by atoms with Crippen LogP contribution in [0.4, 0.5) is 4.79 Å². The molecular weight excluding hydrogens is 354 g/mol. The molecule has 1 aromatic heterocycles. The number of ether oxygens (including phenoxy) is 1. The quantitative estimate of drug-likeness (QED) is 0.612. The van der Waals surface area contributed by atoms with Gasteiger partial charge in [0.1, 0.15) is 10.8 Å². The Morgan fingerprint density at radius 1 is 1.08 bits per heavy atom. The van der Waals surface area contributed by atoms with Gasteiger partial charge in [-0.1, -0.05) is 12.1 Å². The second kappa shape index (κ2) is 7.66. The predicted molar refractivity (Wildman–Crippen MR) is 98.2 cm³/mol. The Morgan fingerprint density at radius 3 is 2.54 bits per heavy atom. The lowest BCUT2D eigenvalue weighted by Crippen LogP contribution is -2.40. The van der Waals surface area contributed by atoms with E-state index in [1.165, 1.54) is 11.3 Å². The lowest BCUT2D eigenvalue weighted by molar-refractivity contribution is 0.0926. The first kappa shape index (κ1) is 17.4. The van der Waals surface area contributed by atoms with Crippen molar-refractivity contribution in [3.63, 3.8) is 0 Å². The molecule has 3 aromatic rings. The third kappa shape index (κ3) is 3.98. The molecule has 2 amide bonds. The van der Waals surface area contributed by atoms with Crippen molar-refractivity contribution >= 4 is 23.3 Å². The van der Waals surface area contributed by atoms with Crippen LogP contribution in [0.25, 0.3) is 21.0 Å². The number of aromatic nitrogens is 1. The van der Waals surface area contributed by atoms with Gasteiger partial charge in [0.05, 0.1) is 12.0 Å². The van der Waals surface area contributed by atoms with Gasteiger partial charge in [-0.05, 0) is 42.0 Å². The van der Waals surface area contributed by atoms with E-state index in [2.05, 4.69) is 10.4 Å². The van der Waals surface area contributed by atoms with Crippen molar-refractivity contribution in [1.29, 1.82) is 0 Å². The Hall–Kier alpha value is -3.39. The smallest absolute Gasteiger partial charge is 0.423 e. The molecule has 1 heterocycles. The highest BCUT2D eigenvalue weighted by Gasteiger charge is 2.11. The molecule has 0 aliphatic rings.